The number of hydrogen-bond donors (Lipinski definition) is 2. The summed E-state index contributed by atoms with van der Waals surface area (Å²) >= 11 is 5.86. The van der Waals surface area contributed by atoms with Crippen molar-refractivity contribution in [1.82, 2.24) is 10.0 Å². The molecule has 0 unspecified atom stereocenters. The molecule has 0 spiro atoms. The van der Waals surface area contributed by atoms with E-state index in [0.717, 1.165) is 25.1 Å². The van der Waals surface area contributed by atoms with Crippen LogP contribution in [0.4, 0.5) is 0 Å². The first-order valence-electron chi connectivity index (χ1n) is 6.13. The SMILES string of the molecule is Cc1ccc(Cl)cc1S(=O)(=O)NCC1=CCNCC1.Cl. The van der Waals surface area contributed by atoms with Gasteiger partial charge in [0.05, 0.1) is 4.90 Å². The third-order valence-corrected chi connectivity index (χ3v) is 4.87. The Kier molecular flexibility index (Phi) is 6.48. The van der Waals surface area contributed by atoms with Gasteiger partial charge in [-0.1, -0.05) is 29.3 Å². The normalized spacial score (nSPS) is 15.4. The van der Waals surface area contributed by atoms with Crippen molar-refractivity contribution in [2.24, 2.45) is 0 Å². The second kappa shape index (κ2) is 7.43. The molecule has 1 aromatic rings. The van der Waals surface area contributed by atoms with Gasteiger partial charge in [0.1, 0.15) is 0 Å². The highest BCUT2D eigenvalue weighted by Crippen LogP contribution is 2.20. The lowest BCUT2D eigenvalue weighted by Gasteiger charge is -2.15. The maximum atomic E-state index is 12.2. The van der Waals surface area contributed by atoms with Crippen molar-refractivity contribution in [3.05, 3.63) is 40.4 Å². The smallest absolute Gasteiger partial charge is 0.241 e. The average Bonchev–Trinajstić information content (AvgIpc) is 2.40. The van der Waals surface area contributed by atoms with E-state index in [4.69, 9.17) is 11.6 Å². The average molecular weight is 337 g/mol. The Morgan fingerprint density at radius 1 is 1.40 bits per heavy atom. The summed E-state index contributed by atoms with van der Waals surface area (Å²) in [6.45, 7) is 3.81. The minimum absolute atomic E-state index is 0. The predicted molar refractivity (Wildman–Crippen MR) is 84.2 cm³/mol. The standard InChI is InChI=1S/C13H17ClN2O2S.ClH/c1-10-2-3-12(14)8-13(10)19(17,18)16-9-11-4-6-15-7-5-11;/h2-4,8,15-16H,5-7,9H2,1H3;1H. The summed E-state index contributed by atoms with van der Waals surface area (Å²) in [6, 6.07) is 4.88. The molecule has 0 fully saturated rings. The minimum Gasteiger partial charge on any atom is -0.313 e. The molecule has 0 saturated carbocycles. The molecular formula is C13H18Cl2N2O2S. The minimum atomic E-state index is -3.51. The highest BCUT2D eigenvalue weighted by atomic mass is 35.5. The van der Waals surface area contributed by atoms with Crippen LogP contribution in [0, 0.1) is 6.92 Å². The second-order valence-corrected chi connectivity index (χ2v) is 6.72. The van der Waals surface area contributed by atoms with Crippen molar-refractivity contribution in [2.45, 2.75) is 18.2 Å². The van der Waals surface area contributed by atoms with Crippen LogP contribution in [0.15, 0.2) is 34.7 Å². The fraction of sp³-hybridized carbons (Fsp3) is 0.385. The van der Waals surface area contributed by atoms with Gasteiger partial charge < -0.3 is 5.32 Å². The van der Waals surface area contributed by atoms with Gasteiger partial charge in [-0.3, -0.25) is 0 Å². The zero-order valence-corrected chi connectivity index (χ0v) is 13.5. The Hall–Kier alpha value is -0.590. The van der Waals surface area contributed by atoms with Gasteiger partial charge in [0.25, 0.3) is 0 Å². The van der Waals surface area contributed by atoms with Gasteiger partial charge in [-0.05, 0) is 37.6 Å². The van der Waals surface area contributed by atoms with Crippen molar-refractivity contribution in [2.75, 3.05) is 19.6 Å². The highest BCUT2D eigenvalue weighted by Gasteiger charge is 2.17. The zero-order valence-electron chi connectivity index (χ0n) is 11.1. The van der Waals surface area contributed by atoms with Crippen LogP contribution in [0.5, 0.6) is 0 Å². The number of rotatable bonds is 4. The second-order valence-electron chi connectivity index (χ2n) is 4.55. The van der Waals surface area contributed by atoms with Crippen molar-refractivity contribution in [1.29, 1.82) is 0 Å². The summed E-state index contributed by atoms with van der Waals surface area (Å²) in [4.78, 5) is 0.245. The maximum Gasteiger partial charge on any atom is 0.241 e. The molecule has 1 aliphatic rings. The molecule has 0 saturated heterocycles. The number of aryl methyl sites for hydroxylation is 1. The lowest BCUT2D eigenvalue weighted by Crippen LogP contribution is -2.30. The van der Waals surface area contributed by atoms with Crippen molar-refractivity contribution >= 4 is 34.0 Å². The highest BCUT2D eigenvalue weighted by molar-refractivity contribution is 7.89. The van der Waals surface area contributed by atoms with E-state index in [0.29, 0.717) is 17.1 Å². The van der Waals surface area contributed by atoms with Crippen LogP contribution < -0.4 is 10.0 Å². The van der Waals surface area contributed by atoms with E-state index in [1.54, 1.807) is 19.1 Å². The fourth-order valence-corrected chi connectivity index (χ4v) is 3.50. The van der Waals surface area contributed by atoms with Crippen LogP contribution >= 0.6 is 24.0 Å². The summed E-state index contributed by atoms with van der Waals surface area (Å²) in [5, 5.41) is 3.61. The Bertz CT molecular complexity index is 600. The molecule has 0 radical (unpaired) electrons. The predicted octanol–water partition coefficient (Wildman–Crippen LogP) is 2.27. The lowest BCUT2D eigenvalue weighted by molar-refractivity contribution is 0.581. The summed E-state index contributed by atoms with van der Waals surface area (Å²) < 4.78 is 27.1. The van der Waals surface area contributed by atoms with E-state index in [-0.39, 0.29) is 17.3 Å². The topological polar surface area (TPSA) is 58.2 Å². The molecule has 1 aliphatic heterocycles. The van der Waals surface area contributed by atoms with Gasteiger partial charge in [0.2, 0.25) is 10.0 Å². The molecule has 1 aromatic carbocycles. The summed E-state index contributed by atoms with van der Waals surface area (Å²) in [6.07, 6.45) is 2.90. The summed E-state index contributed by atoms with van der Waals surface area (Å²) in [7, 11) is -3.51. The fourth-order valence-electron chi connectivity index (χ4n) is 1.96. The monoisotopic (exact) mass is 336 g/mol. The number of nitrogens with one attached hydrogen (secondary N) is 2. The van der Waals surface area contributed by atoms with Gasteiger partial charge in [-0.25, -0.2) is 13.1 Å². The molecule has 2 N–H and O–H groups in total. The molecule has 112 valence electrons. The molecule has 4 nitrogen and oxygen atoms in total. The van der Waals surface area contributed by atoms with E-state index >= 15 is 0 Å². The maximum absolute atomic E-state index is 12.2. The molecule has 20 heavy (non-hydrogen) atoms. The third kappa shape index (κ3) is 4.46. The Morgan fingerprint density at radius 3 is 2.80 bits per heavy atom. The van der Waals surface area contributed by atoms with Gasteiger partial charge in [-0.2, -0.15) is 0 Å². The van der Waals surface area contributed by atoms with Crippen LogP contribution in [0.25, 0.3) is 0 Å². The van der Waals surface area contributed by atoms with Gasteiger partial charge in [-0.15, -0.1) is 12.4 Å². The van der Waals surface area contributed by atoms with Crippen LogP contribution in [-0.4, -0.2) is 28.1 Å². The first-order valence-corrected chi connectivity index (χ1v) is 7.99. The first kappa shape index (κ1) is 17.5. The Labute approximate surface area is 131 Å². The molecule has 2 rings (SSSR count). The molecule has 0 atom stereocenters. The summed E-state index contributed by atoms with van der Waals surface area (Å²) in [5.41, 5.74) is 1.80. The largest absolute Gasteiger partial charge is 0.313 e. The van der Waals surface area contributed by atoms with Gasteiger partial charge in [0, 0.05) is 18.1 Å². The Balaban J connectivity index is 0.00000200. The summed E-state index contributed by atoms with van der Waals surface area (Å²) in [5.74, 6) is 0. The molecule has 0 amide bonds. The van der Waals surface area contributed by atoms with E-state index in [2.05, 4.69) is 10.0 Å². The number of halogens is 2. The van der Waals surface area contributed by atoms with Crippen molar-refractivity contribution in [3.8, 4) is 0 Å². The Morgan fingerprint density at radius 2 is 2.15 bits per heavy atom. The molecule has 0 aliphatic carbocycles. The molecular weight excluding hydrogens is 319 g/mol. The third-order valence-electron chi connectivity index (χ3n) is 3.09. The van der Waals surface area contributed by atoms with Gasteiger partial charge in [0.15, 0.2) is 0 Å². The lowest BCUT2D eigenvalue weighted by atomic mass is 10.1. The number of benzene rings is 1. The van der Waals surface area contributed by atoms with Crippen LogP contribution in [0.3, 0.4) is 0 Å². The van der Waals surface area contributed by atoms with E-state index in [9.17, 15) is 8.42 Å². The van der Waals surface area contributed by atoms with Crippen molar-refractivity contribution in [3.63, 3.8) is 0 Å². The van der Waals surface area contributed by atoms with Crippen LogP contribution in [-0.2, 0) is 10.0 Å². The van der Waals surface area contributed by atoms with E-state index < -0.39 is 10.0 Å². The molecule has 1 heterocycles. The zero-order chi connectivity index (χ0) is 13.9. The van der Waals surface area contributed by atoms with Crippen LogP contribution in [0.1, 0.15) is 12.0 Å². The van der Waals surface area contributed by atoms with Gasteiger partial charge >= 0.3 is 0 Å². The molecule has 0 aromatic heterocycles. The number of sulfonamides is 1. The van der Waals surface area contributed by atoms with Crippen molar-refractivity contribution < 1.29 is 8.42 Å². The quantitative estimate of drug-likeness (QED) is 0.829. The number of hydrogen-bond acceptors (Lipinski definition) is 3. The first-order chi connectivity index (χ1) is 8.99. The molecule has 7 heteroatoms. The van der Waals surface area contributed by atoms with E-state index in [1.165, 1.54) is 6.07 Å². The van der Waals surface area contributed by atoms with E-state index in [1.807, 2.05) is 6.08 Å². The molecule has 0 bridgehead atoms. The van der Waals surface area contributed by atoms with Crippen LogP contribution in [0.2, 0.25) is 5.02 Å².